The maximum absolute atomic E-state index is 5.54. The van der Waals surface area contributed by atoms with Crippen molar-refractivity contribution in [1.82, 2.24) is 10.3 Å². The Morgan fingerprint density at radius 3 is 3.24 bits per heavy atom. The zero-order valence-electron chi connectivity index (χ0n) is 9.69. The van der Waals surface area contributed by atoms with Crippen LogP contribution in [0.25, 0.3) is 0 Å². The second-order valence-corrected chi connectivity index (χ2v) is 4.45. The first-order valence-electron chi connectivity index (χ1n) is 5.91. The van der Waals surface area contributed by atoms with Crippen LogP contribution in [0.3, 0.4) is 0 Å². The molecule has 0 amide bonds. The molecule has 1 aliphatic heterocycles. The van der Waals surface area contributed by atoms with Crippen LogP contribution in [-0.4, -0.2) is 29.4 Å². The van der Waals surface area contributed by atoms with Crippen LogP contribution in [0, 0.1) is 0 Å². The summed E-state index contributed by atoms with van der Waals surface area (Å²) in [7, 11) is 0. The van der Waals surface area contributed by atoms with E-state index in [2.05, 4.69) is 15.6 Å². The molecule has 92 valence electrons. The lowest BCUT2D eigenvalue weighted by Gasteiger charge is -2.12. The van der Waals surface area contributed by atoms with Gasteiger partial charge in [0.1, 0.15) is 0 Å². The van der Waals surface area contributed by atoms with E-state index in [1.165, 1.54) is 12.8 Å². The van der Waals surface area contributed by atoms with Crippen LogP contribution in [0.15, 0.2) is 24.5 Å². The molecule has 0 spiro atoms. The van der Waals surface area contributed by atoms with Gasteiger partial charge in [0.25, 0.3) is 0 Å². The lowest BCUT2D eigenvalue weighted by atomic mass is 10.2. The van der Waals surface area contributed by atoms with Gasteiger partial charge < -0.3 is 15.4 Å². The molecule has 1 atom stereocenters. The molecule has 0 saturated carbocycles. The van der Waals surface area contributed by atoms with E-state index in [0.29, 0.717) is 11.2 Å². The summed E-state index contributed by atoms with van der Waals surface area (Å²) in [6.45, 7) is 1.75. The van der Waals surface area contributed by atoms with Gasteiger partial charge in [-0.3, -0.25) is 4.98 Å². The predicted molar refractivity (Wildman–Crippen MR) is 72.1 cm³/mol. The number of thiocarbonyl (C=S) groups is 1. The predicted octanol–water partition coefficient (Wildman–Crippen LogP) is 1.94. The second-order valence-electron chi connectivity index (χ2n) is 4.05. The largest absolute Gasteiger partial charge is 0.378 e. The average Bonchev–Trinajstić information content (AvgIpc) is 2.83. The Bertz CT molecular complexity index is 352. The van der Waals surface area contributed by atoms with Crippen molar-refractivity contribution >= 4 is 23.0 Å². The number of hydrogen-bond acceptors (Lipinski definition) is 3. The third-order valence-electron chi connectivity index (χ3n) is 2.70. The fraction of sp³-hybridized carbons (Fsp3) is 0.500. The number of rotatable bonds is 4. The number of anilines is 1. The van der Waals surface area contributed by atoms with Crippen LogP contribution < -0.4 is 10.6 Å². The van der Waals surface area contributed by atoms with Gasteiger partial charge >= 0.3 is 0 Å². The highest BCUT2D eigenvalue weighted by atomic mass is 32.1. The third kappa shape index (κ3) is 4.28. The molecular weight excluding hydrogens is 234 g/mol. The van der Waals surface area contributed by atoms with Gasteiger partial charge in [-0.25, -0.2) is 0 Å². The normalized spacial score (nSPS) is 18.9. The van der Waals surface area contributed by atoms with E-state index in [9.17, 15) is 0 Å². The Morgan fingerprint density at radius 2 is 2.53 bits per heavy atom. The highest BCUT2D eigenvalue weighted by molar-refractivity contribution is 7.80. The molecule has 1 aliphatic rings. The van der Waals surface area contributed by atoms with Gasteiger partial charge in [0, 0.05) is 19.3 Å². The topological polar surface area (TPSA) is 46.2 Å². The van der Waals surface area contributed by atoms with E-state index in [1.807, 2.05) is 12.1 Å². The molecule has 0 radical (unpaired) electrons. The highest BCUT2D eigenvalue weighted by Gasteiger charge is 2.14. The summed E-state index contributed by atoms with van der Waals surface area (Å²) < 4.78 is 5.54. The van der Waals surface area contributed by atoms with Crippen LogP contribution >= 0.6 is 12.2 Å². The summed E-state index contributed by atoms with van der Waals surface area (Å²) in [6.07, 6.45) is 7.25. The third-order valence-corrected chi connectivity index (χ3v) is 2.94. The number of nitrogens with zero attached hydrogens (tertiary/aromatic N) is 1. The van der Waals surface area contributed by atoms with Gasteiger partial charge in [-0.1, -0.05) is 0 Å². The van der Waals surface area contributed by atoms with E-state index in [0.717, 1.165) is 25.3 Å². The minimum atomic E-state index is 0.406. The fourth-order valence-corrected chi connectivity index (χ4v) is 2.05. The SMILES string of the molecule is S=C(NCCC1CCCO1)Nc1cccnc1. The van der Waals surface area contributed by atoms with Gasteiger partial charge in [-0.15, -0.1) is 0 Å². The molecule has 1 saturated heterocycles. The quantitative estimate of drug-likeness (QED) is 0.801. The number of aromatic nitrogens is 1. The molecule has 17 heavy (non-hydrogen) atoms. The maximum atomic E-state index is 5.54. The van der Waals surface area contributed by atoms with E-state index >= 15 is 0 Å². The summed E-state index contributed by atoms with van der Waals surface area (Å²) in [5.74, 6) is 0. The molecule has 5 heteroatoms. The first-order valence-corrected chi connectivity index (χ1v) is 6.32. The average molecular weight is 251 g/mol. The van der Waals surface area contributed by atoms with Gasteiger partial charge in [0.05, 0.1) is 18.0 Å². The van der Waals surface area contributed by atoms with Crippen molar-refractivity contribution in [3.8, 4) is 0 Å². The number of nitrogens with one attached hydrogen (secondary N) is 2. The molecule has 2 heterocycles. The summed E-state index contributed by atoms with van der Waals surface area (Å²) in [5, 5.41) is 6.89. The van der Waals surface area contributed by atoms with Crippen LogP contribution in [0.5, 0.6) is 0 Å². The summed E-state index contributed by atoms with van der Waals surface area (Å²) in [4.78, 5) is 4.01. The minimum absolute atomic E-state index is 0.406. The molecule has 0 bridgehead atoms. The van der Waals surface area contributed by atoms with Crippen LogP contribution in [0.2, 0.25) is 0 Å². The van der Waals surface area contributed by atoms with Crippen molar-refractivity contribution in [1.29, 1.82) is 0 Å². The summed E-state index contributed by atoms with van der Waals surface area (Å²) >= 11 is 5.19. The van der Waals surface area contributed by atoms with E-state index in [-0.39, 0.29) is 0 Å². The highest BCUT2D eigenvalue weighted by Crippen LogP contribution is 2.14. The van der Waals surface area contributed by atoms with Crippen molar-refractivity contribution < 1.29 is 4.74 Å². The lowest BCUT2D eigenvalue weighted by molar-refractivity contribution is 0.105. The molecule has 1 aromatic heterocycles. The second kappa shape index (κ2) is 6.51. The molecule has 2 N–H and O–H groups in total. The van der Waals surface area contributed by atoms with E-state index < -0.39 is 0 Å². The molecule has 1 aromatic rings. The minimum Gasteiger partial charge on any atom is -0.378 e. The smallest absolute Gasteiger partial charge is 0.170 e. The number of hydrogen-bond donors (Lipinski definition) is 2. The van der Waals surface area contributed by atoms with Gasteiger partial charge in [0.2, 0.25) is 0 Å². The zero-order chi connectivity index (χ0) is 11.9. The molecule has 2 rings (SSSR count). The molecule has 0 aromatic carbocycles. The molecule has 4 nitrogen and oxygen atoms in total. The fourth-order valence-electron chi connectivity index (χ4n) is 1.83. The number of ether oxygens (including phenoxy) is 1. The summed E-state index contributed by atoms with van der Waals surface area (Å²) in [5.41, 5.74) is 0.905. The Kier molecular flexibility index (Phi) is 4.70. The molecule has 0 aliphatic carbocycles. The Hall–Kier alpha value is -1.20. The van der Waals surface area contributed by atoms with E-state index in [4.69, 9.17) is 17.0 Å². The van der Waals surface area contributed by atoms with Crippen molar-refractivity contribution in [2.24, 2.45) is 0 Å². The lowest BCUT2D eigenvalue weighted by Crippen LogP contribution is -2.30. The Balaban J connectivity index is 1.64. The van der Waals surface area contributed by atoms with E-state index in [1.54, 1.807) is 12.4 Å². The Labute approximate surface area is 107 Å². The van der Waals surface area contributed by atoms with Crippen LogP contribution in [0.4, 0.5) is 5.69 Å². The molecular formula is C12H17N3OS. The standard InChI is InChI=1S/C12H17N3OS/c17-12(15-10-3-1-6-13-9-10)14-7-5-11-4-2-8-16-11/h1,3,6,9,11H,2,4-5,7-8H2,(H2,14,15,17). The van der Waals surface area contributed by atoms with Crippen molar-refractivity contribution in [2.45, 2.75) is 25.4 Å². The first kappa shape index (κ1) is 12.3. The first-order chi connectivity index (χ1) is 8.34. The van der Waals surface area contributed by atoms with Gasteiger partial charge in [0.15, 0.2) is 5.11 Å². The maximum Gasteiger partial charge on any atom is 0.170 e. The number of pyridine rings is 1. The van der Waals surface area contributed by atoms with Crippen molar-refractivity contribution in [3.63, 3.8) is 0 Å². The van der Waals surface area contributed by atoms with Crippen LogP contribution in [0.1, 0.15) is 19.3 Å². The van der Waals surface area contributed by atoms with Gasteiger partial charge in [-0.05, 0) is 43.6 Å². The molecule has 1 fully saturated rings. The monoisotopic (exact) mass is 251 g/mol. The van der Waals surface area contributed by atoms with Crippen molar-refractivity contribution in [2.75, 3.05) is 18.5 Å². The zero-order valence-corrected chi connectivity index (χ0v) is 10.5. The van der Waals surface area contributed by atoms with Crippen molar-refractivity contribution in [3.05, 3.63) is 24.5 Å². The van der Waals surface area contributed by atoms with Crippen LogP contribution in [-0.2, 0) is 4.74 Å². The molecule has 1 unspecified atom stereocenters. The van der Waals surface area contributed by atoms with Gasteiger partial charge in [-0.2, -0.15) is 0 Å². The Morgan fingerprint density at radius 1 is 1.59 bits per heavy atom. The summed E-state index contributed by atoms with van der Waals surface area (Å²) in [6, 6.07) is 3.80.